The molecule has 0 saturated carbocycles. The van der Waals surface area contributed by atoms with Crippen LogP contribution in [-0.4, -0.2) is 13.1 Å². The zero-order chi connectivity index (χ0) is 15.0. The van der Waals surface area contributed by atoms with E-state index in [2.05, 4.69) is 20.8 Å². The number of esters is 1. The molecule has 0 saturated heterocycles. The molecular formula is C18H28O2. The third kappa shape index (κ3) is 6.23. The van der Waals surface area contributed by atoms with Crippen LogP contribution in [0.4, 0.5) is 0 Å². The molecule has 0 aliphatic carbocycles. The van der Waals surface area contributed by atoms with E-state index < -0.39 is 0 Å². The Morgan fingerprint density at radius 2 is 1.70 bits per heavy atom. The number of carbonyl (C=O) groups is 1. The van der Waals surface area contributed by atoms with Gasteiger partial charge in [-0.05, 0) is 42.4 Å². The van der Waals surface area contributed by atoms with Crippen LogP contribution in [0, 0.1) is 11.8 Å². The lowest BCUT2D eigenvalue weighted by Crippen LogP contribution is -2.02. The van der Waals surface area contributed by atoms with Crippen molar-refractivity contribution in [1.82, 2.24) is 0 Å². The van der Waals surface area contributed by atoms with Crippen LogP contribution < -0.4 is 0 Å². The third-order valence-electron chi connectivity index (χ3n) is 3.78. The molecule has 0 aliphatic heterocycles. The highest BCUT2D eigenvalue weighted by Crippen LogP contribution is 2.18. The Balaban J connectivity index is 2.32. The van der Waals surface area contributed by atoms with Gasteiger partial charge in [-0.2, -0.15) is 0 Å². The minimum absolute atomic E-state index is 0.265. The van der Waals surface area contributed by atoms with Gasteiger partial charge in [0.05, 0.1) is 12.7 Å². The molecule has 0 bridgehead atoms. The minimum Gasteiger partial charge on any atom is -0.465 e. The van der Waals surface area contributed by atoms with Crippen molar-refractivity contribution in [1.29, 1.82) is 0 Å². The average Bonchev–Trinajstić information content (AvgIpc) is 2.44. The van der Waals surface area contributed by atoms with Crippen LogP contribution >= 0.6 is 0 Å². The lowest BCUT2D eigenvalue weighted by molar-refractivity contribution is 0.0600. The van der Waals surface area contributed by atoms with E-state index >= 15 is 0 Å². The molecule has 0 amide bonds. The smallest absolute Gasteiger partial charge is 0.337 e. The van der Waals surface area contributed by atoms with E-state index in [9.17, 15) is 4.79 Å². The third-order valence-corrected chi connectivity index (χ3v) is 3.78. The van der Waals surface area contributed by atoms with E-state index in [-0.39, 0.29) is 5.97 Å². The largest absolute Gasteiger partial charge is 0.465 e. The summed E-state index contributed by atoms with van der Waals surface area (Å²) in [6, 6.07) is 7.77. The van der Waals surface area contributed by atoms with Crippen molar-refractivity contribution < 1.29 is 9.53 Å². The van der Waals surface area contributed by atoms with E-state index in [1.165, 1.54) is 38.4 Å². The van der Waals surface area contributed by atoms with Gasteiger partial charge in [0.15, 0.2) is 0 Å². The Kier molecular flexibility index (Phi) is 7.35. The Bertz CT molecular complexity index is 392. The highest BCUT2D eigenvalue weighted by atomic mass is 16.5. The van der Waals surface area contributed by atoms with Gasteiger partial charge in [0, 0.05) is 0 Å². The van der Waals surface area contributed by atoms with Crippen molar-refractivity contribution in [2.45, 2.75) is 52.9 Å². The van der Waals surface area contributed by atoms with Gasteiger partial charge in [0.2, 0.25) is 0 Å². The van der Waals surface area contributed by atoms with Crippen LogP contribution in [0.2, 0.25) is 0 Å². The summed E-state index contributed by atoms with van der Waals surface area (Å²) in [5, 5.41) is 0. The molecule has 1 aromatic rings. The maximum Gasteiger partial charge on any atom is 0.337 e. The minimum atomic E-state index is -0.265. The first kappa shape index (κ1) is 16.7. The molecule has 2 heteroatoms. The number of hydrogen-bond acceptors (Lipinski definition) is 2. The van der Waals surface area contributed by atoms with Gasteiger partial charge in [-0.15, -0.1) is 0 Å². The number of aryl methyl sites for hydroxylation is 1. The average molecular weight is 276 g/mol. The summed E-state index contributed by atoms with van der Waals surface area (Å²) in [5.74, 6) is 1.32. The maximum absolute atomic E-state index is 11.3. The molecule has 0 aromatic heterocycles. The normalized spacial score (nSPS) is 12.4. The Morgan fingerprint density at radius 3 is 2.25 bits per heavy atom. The van der Waals surface area contributed by atoms with Gasteiger partial charge in [0.1, 0.15) is 0 Å². The molecule has 1 rings (SSSR count). The van der Waals surface area contributed by atoms with Gasteiger partial charge in [-0.25, -0.2) is 4.79 Å². The van der Waals surface area contributed by atoms with E-state index in [0.717, 1.165) is 18.3 Å². The molecule has 0 N–H and O–H groups in total. The standard InChI is InChI=1S/C18H28O2/c1-14(2)6-5-7-15(3)8-9-16-10-12-17(13-11-16)18(19)20-4/h10-15H,5-9H2,1-4H3. The van der Waals surface area contributed by atoms with Crippen molar-refractivity contribution in [2.24, 2.45) is 11.8 Å². The Labute approximate surface area is 123 Å². The Morgan fingerprint density at radius 1 is 1.05 bits per heavy atom. The van der Waals surface area contributed by atoms with Crippen molar-refractivity contribution >= 4 is 5.97 Å². The monoisotopic (exact) mass is 276 g/mol. The second-order valence-electron chi connectivity index (χ2n) is 6.16. The van der Waals surface area contributed by atoms with Crippen LogP contribution in [-0.2, 0) is 11.2 Å². The molecular weight excluding hydrogens is 248 g/mol. The van der Waals surface area contributed by atoms with Crippen molar-refractivity contribution in [3.8, 4) is 0 Å². The number of hydrogen-bond donors (Lipinski definition) is 0. The molecule has 1 unspecified atom stereocenters. The van der Waals surface area contributed by atoms with Crippen LogP contribution in [0.15, 0.2) is 24.3 Å². The number of rotatable bonds is 8. The lowest BCUT2D eigenvalue weighted by Gasteiger charge is -2.12. The first-order valence-electron chi connectivity index (χ1n) is 7.70. The van der Waals surface area contributed by atoms with Gasteiger partial charge in [-0.3, -0.25) is 0 Å². The second kappa shape index (κ2) is 8.78. The highest BCUT2D eigenvalue weighted by molar-refractivity contribution is 5.89. The van der Waals surface area contributed by atoms with Gasteiger partial charge in [-0.1, -0.05) is 52.2 Å². The summed E-state index contributed by atoms with van der Waals surface area (Å²) < 4.78 is 4.70. The van der Waals surface area contributed by atoms with Crippen LogP contribution in [0.1, 0.15) is 62.4 Å². The molecule has 0 fully saturated rings. The molecule has 1 aromatic carbocycles. The van der Waals surface area contributed by atoms with E-state index in [4.69, 9.17) is 4.74 Å². The topological polar surface area (TPSA) is 26.3 Å². The first-order valence-corrected chi connectivity index (χ1v) is 7.70. The SMILES string of the molecule is COC(=O)c1ccc(CCC(C)CCCC(C)C)cc1. The fourth-order valence-corrected chi connectivity index (χ4v) is 2.36. The summed E-state index contributed by atoms with van der Waals surface area (Å²) in [5.41, 5.74) is 1.93. The lowest BCUT2D eigenvalue weighted by atomic mass is 9.94. The quantitative estimate of drug-likeness (QED) is 0.633. The molecule has 0 spiro atoms. The fraction of sp³-hybridized carbons (Fsp3) is 0.611. The van der Waals surface area contributed by atoms with Crippen molar-refractivity contribution in [3.05, 3.63) is 35.4 Å². The molecule has 112 valence electrons. The van der Waals surface area contributed by atoms with Gasteiger partial charge < -0.3 is 4.74 Å². The second-order valence-corrected chi connectivity index (χ2v) is 6.16. The molecule has 2 nitrogen and oxygen atoms in total. The summed E-state index contributed by atoms with van der Waals surface area (Å²) >= 11 is 0. The molecule has 0 heterocycles. The summed E-state index contributed by atoms with van der Waals surface area (Å²) in [6.07, 6.45) is 6.29. The van der Waals surface area contributed by atoms with Crippen LogP contribution in [0.3, 0.4) is 0 Å². The number of methoxy groups -OCH3 is 1. The van der Waals surface area contributed by atoms with Crippen molar-refractivity contribution in [3.63, 3.8) is 0 Å². The van der Waals surface area contributed by atoms with E-state index in [0.29, 0.717) is 5.56 Å². The molecule has 0 aliphatic rings. The number of carbonyl (C=O) groups excluding carboxylic acids is 1. The first-order chi connectivity index (χ1) is 9.52. The maximum atomic E-state index is 11.3. The summed E-state index contributed by atoms with van der Waals surface area (Å²) in [4.78, 5) is 11.3. The fourth-order valence-electron chi connectivity index (χ4n) is 2.36. The van der Waals surface area contributed by atoms with E-state index in [1.807, 2.05) is 24.3 Å². The van der Waals surface area contributed by atoms with Crippen molar-refractivity contribution in [2.75, 3.05) is 7.11 Å². The summed E-state index contributed by atoms with van der Waals surface area (Å²) in [6.45, 7) is 6.91. The van der Waals surface area contributed by atoms with Crippen LogP contribution in [0.25, 0.3) is 0 Å². The van der Waals surface area contributed by atoms with Gasteiger partial charge >= 0.3 is 5.97 Å². The molecule has 0 radical (unpaired) electrons. The zero-order valence-electron chi connectivity index (χ0n) is 13.3. The highest BCUT2D eigenvalue weighted by Gasteiger charge is 2.06. The van der Waals surface area contributed by atoms with Crippen LogP contribution in [0.5, 0.6) is 0 Å². The molecule has 20 heavy (non-hydrogen) atoms. The predicted molar refractivity (Wildman–Crippen MR) is 84.0 cm³/mol. The number of ether oxygens (including phenoxy) is 1. The van der Waals surface area contributed by atoms with E-state index in [1.54, 1.807) is 0 Å². The predicted octanol–water partition coefficient (Wildman–Crippen LogP) is 4.87. The Hall–Kier alpha value is -1.31. The van der Waals surface area contributed by atoms with Gasteiger partial charge in [0.25, 0.3) is 0 Å². The zero-order valence-corrected chi connectivity index (χ0v) is 13.3. The molecule has 1 atom stereocenters. The number of benzene rings is 1. The summed E-state index contributed by atoms with van der Waals surface area (Å²) in [7, 11) is 1.41.